The van der Waals surface area contributed by atoms with Crippen molar-refractivity contribution < 1.29 is 9.53 Å². The van der Waals surface area contributed by atoms with Crippen LogP contribution in [-0.4, -0.2) is 31.0 Å². The molecule has 0 radical (unpaired) electrons. The first-order valence-corrected chi connectivity index (χ1v) is 6.58. The van der Waals surface area contributed by atoms with Crippen LogP contribution in [0.25, 0.3) is 0 Å². The Labute approximate surface area is 109 Å². The summed E-state index contributed by atoms with van der Waals surface area (Å²) in [6, 6.07) is 3.98. The summed E-state index contributed by atoms with van der Waals surface area (Å²) in [6.07, 6.45) is 3.45. The van der Waals surface area contributed by atoms with Gasteiger partial charge < -0.3 is 9.64 Å². The second-order valence-electron chi connectivity index (χ2n) is 5.02. The fourth-order valence-electron chi connectivity index (χ4n) is 2.65. The van der Waals surface area contributed by atoms with Gasteiger partial charge in [-0.2, -0.15) is 0 Å². The van der Waals surface area contributed by atoms with Gasteiger partial charge in [0.15, 0.2) is 0 Å². The number of benzene rings is 1. The zero-order valence-corrected chi connectivity index (χ0v) is 11.5. The predicted molar refractivity (Wildman–Crippen MR) is 72.2 cm³/mol. The molecule has 3 nitrogen and oxygen atoms in total. The zero-order chi connectivity index (χ0) is 13.1. The maximum Gasteiger partial charge on any atom is 0.257 e. The van der Waals surface area contributed by atoms with Crippen LogP contribution in [0.15, 0.2) is 12.1 Å². The first-order chi connectivity index (χ1) is 8.63. The highest BCUT2D eigenvalue weighted by Gasteiger charge is 2.22. The third-order valence-corrected chi connectivity index (χ3v) is 3.50. The molecule has 1 aliphatic heterocycles. The molecule has 1 aromatic carbocycles. The molecular weight excluding hydrogens is 226 g/mol. The minimum atomic E-state index is 0.110. The molecule has 18 heavy (non-hydrogen) atoms. The van der Waals surface area contributed by atoms with E-state index in [9.17, 15) is 4.79 Å². The normalized spacial score (nSPS) is 15.6. The number of hydrogen-bond acceptors (Lipinski definition) is 2. The number of likely N-dealkylation sites (tertiary alicyclic amines) is 1. The van der Waals surface area contributed by atoms with E-state index in [4.69, 9.17) is 4.74 Å². The van der Waals surface area contributed by atoms with Crippen molar-refractivity contribution in [2.24, 2.45) is 0 Å². The summed E-state index contributed by atoms with van der Waals surface area (Å²) in [5, 5.41) is 0. The van der Waals surface area contributed by atoms with Crippen LogP contribution < -0.4 is 4.74 Å². The molecule has 1 heterocycles. The summed E-state index contributed by atoms with van der Waals surface area (Å²) < 4.78 is 5.40. The number of piperidine rings is 1. The lowest BCUT2D eigenvalue weighted by atomic mass is 10.0. The molecule has 1 aromatic rings. The van der Waals surface area contributed by atoms with Crippen LogP contribution >= 0.6 is 0 Å². The number of ether oxygens (including phenoxy) is 1. The van der Waals surface area contributed by atoms with Crippen molar-refractivity contribution in [2.75, 3.05) is 20.2 Å². The van der Waals surface area contributed by atoms with E-state index in [0.29, 0.717) is 5.56 Å². The fraction of sp³-hybridized carbons (Fsp3) is 0.533. The molecule has 0 saturated carbocycles. The van der Waals surface area contributed by atoms with Crippen molar-refractivity contribution in [3.63, 3.8) is 0 Å². The minimum absolute atomic E-state index is 0.110. The lowest BCUT2D eigenvalue weighted by molar-refractivity contribution is 0.0720. The van der Waals surface area contributed by atoms with Gasteiger partial charge in [-0.25, -0.2) is 0 Å². The first-order valence-electron chi connectivity index (χ1n) is 6.58. The third kappa shape index (κ3) is 2.50. The van der Waals surface area contributed by atoms with Gasteiger partial charge in [-0.05, 0) is 50.3 Å². The second kappa shape index (κ2) is 5.42. The average Bonchev–Trinajstić information content (AvgIpc) is 2.38. The monoisotopic (exact) mass is 247 g/mol. The van der Waals surface area contributed by atoms with Crippen molar-refractivity contribution in [2.45, 2.75) is 33.1 Å². The van der Waals surface area contributed by atoms with Gasteiger partial charge in [0, 0.05) is 13.1 Å². The van der Waals surface area contributed by atoms with Crippen LogP contribution in [-0.2, 0) is 0 Å². The molecule has 0 unspecified atom stereocenters. The van der Waals surface area contributed by atoms with Crippen molar-refractivity contribution >= 4 is 5.91 Å². The van der Waals surface area contributed by atoms with Gasteiger partial charge in [-0.3, -0.25) is 4.79 Å². The van der Waals surface area contributed by atoms with E-state index in [1.165, 1.54) is 6.42 Å². The Bertz CT molecular complexity index is 448. The molecule has 1 amide bonds. The Hall–Kier alpha value is -1.51. The molecule has 2 rings (SSSR count). The second-order valence-corrected chi connectivity index (χ2v) is 5.02. The lowest BCUT2D eigenvalue weighted by Crippen LogP contribution is -2.35. The van der Waals surface area contributed by atoms with Gasteiger partial charge in [0.1, 0.15) is 5.75 Å². The van der Waals surface area contributed by atoms with Gasteiger partial charge in [-0.15, -0.1) is 0 Å². The third-order valence-electron chi connectivity index (χ3n) is 3.50. The van der Waals surface area contributed by atoms with Crippen LogP contribution in [0, 0.1) is 13.8 Å². The summed E-state index contributed by atoms with van der Waals surface area (Å²) in [4.78, 5) is 14.5. The molecule has 1 saturated heterocycles. The average molecular weight is 247 g/mol. The van der Waals surface area contributed by atoms with Gasteiger partial charge in [0.05, 0.1) is 12.7 Å². The van der Waals surface area contributed by atoms with Gasteiger partial charge in [0.25, 0.3) is 5.91 Å². The van der Waals surface area contributed by atoms with Crippen molar-refractivity contribution in [1.82, 2.24) is 4.90 Å². The number of carbonyl (C=O) groups excluding carboxylic acids is 1. The molecular formula is C15H21NO2. The molecule has 0 spiro atoms. The number of aryl methyl sites for hydroxylation is 2. The number of rotatable bonds is 2. The summed E-state index contributed by atoms with van der Waals surface area (Å²) in [5.41, 5.74) is 2.84. The van der Waals surface area contributed by atoms with E-state index < -0.39 is 0 Å². The van der Waals surface area contributed by atoms with E-state index in [0.717, 1.165) is 42.8 Å². The Morgan fingerprint density at radius 2 is 1.83 bits per heavy atom. The number of hydrogen-bond donors (Lipinski definition) is 0. The van der Waals surface area contributed by atoms with Crippen molar-refractivity contribution in [3.8, 4) is 5.75 Å². The molecule has 1 fully saturated rings. The quantitative estimate of drug-likeness (QED) is 0.804. The Morgan fingerprint density at radius 3 is 2.44 bits per heavy atom. The maximum absolute atomic E-state index is 12.5. The minimum Gasteiger partial charge on any atom is -0.496 e. The lowest BCUT2D eigenvalue weighted by Gasteiger charge is -2.27. The van der Waals surface area contributed by atoms with Gasteiger partial charge in [0.2, 0.25) is 0 Å². The first kappa shape index (κ1) is 12.9. The SMILES string of the molecule is COc1c(C)cc(C)cc1C(=O)N1CCCCC1. The number of nitrogens with zero attached hydrogens (tertiary/aromatic N) is 1. The molecule has 3 heteroatoms. The maximum atomic E-state index is 12.5. The van der Waals surface area contributed by atoms with Crippen molar-refractivity contribution in [1.29, 1.82) is 0 Å². The van der Waals surface area contributed by atoms with E-state index in [2.05, 4.69) is 0 Å². The van der Waals surface area contributed by atoms with E-state index in [1.807, 2.05) is 30.9 Å². The molecule has 98 valence electrons. The molecule has 1 aliphatic rings. The number of methoxy groups -OCH3 is 1. The Morgan fingerprint density at radius 1 is 1.17 bits per heavy atom. The Kier molecular flexibility index (Phi) is 3.90. The fourth-order valence-corrected chi connectivity index (χ4v) is 2.65. The summed E-state index contributed by atoms with van der Waals surface area (Å²) in [6.45, 7) is 5.74. The van der Waals surface area contributed by atoms with E-state index in [-0.39, 0.29) is 5.91 Å². The van der Waals surface area contributed by atoms with Crippen LogP contribution in [0.1, 0.15) is 40.7 Å². The van der Waals surface area contributed by atoms with Crippen LogP contribution in [0.4, 0.5) is 0 Å². The van der Waals surface area contributed by atoms with Crippen molar-refractivity contribution in [3.05, 3.63) is 28.8 Å². The highest BCUT2D eigenvalue weighted by molar-refractivity contribution is 5.97. The van der Waals surface area contributed by atoms with Gasteiger partial charge >= 0.3 is 0 Å². The Balaban J connectivity index is 2.33. The number of carbonyl (C=O) groups is 1. The zero-order valence-electron chi connectivity index (χ0n) is 11.5. The smallest absolute Gasteiger partial charge is 0.257 e. The molecule has 0 aromatic heterocycles. The molecule has 0 aliphatic carbocycles. The summed E-state index contributed by atoms with van der Waals surface area (Å²) in [7, 11) is 1.63. The van der Waals surface area contributed by atoms with E-state index >= 15 is 0 Å². The number of amides is 1. The van der Waals surface area contributed by atoms with Crippen LogP contribution in [0.2, 0.25) is 0 Å². The summed E-state index contributed by atoms with van der Waals surface area (Å²) >= 11 is 0. The highest BCUT2D eigenvalue weighted by atomic mass is 16.5. The van der Waals surface area contributed by atoms with Crippen LogP contribution in [0.3, 0.4) is 0 Å². The topological polar surface area (TPSA) is 29.5 Å². The standard InChI is InChI=1S/C15H21NO2/c1-11-9-12(2)14(18-3)13(10-11)15(17)16-7-5-4-6-8-16/h9-10H,4-8H2,1-3H3. The van der Waals surface area contributed by atoms with Gasteiger partial charge in [-0.1, -0.05) is 6.07 Å². The summed E-state index contributed by atoms with van der Waals surface area (Å²) in [5.74, 6) is 0.828. The predicted octanol–water partition coefficient (Wildman–Crippen LogP) is 2.94. The molecule has 0 N–H and O–H groups in total. The molecule has 0 atom stereocenters. The van der Waals surface area contributed by atoms with E-state index in [1.54, 1.807) is 7.11 Å². The largest absolute Gasteiger partial charge is 0.496 e. The highest BCUT2D eigenvalue weighted by Crippen LogP contribution is 2.27. The van der Waals surface area contributed by atoms with Crippen LogP contribution in [0.5, 0.6) is 5.75 Å². The molecule has 0 bridgehead atoms.